The molecule has 1 aliphatic rings. The smallest absolute Gasteiger partial charge is 0.242 e. The Bertz CT molecular complexity index is 762. The van der Waals surface area contributed by atoms with Gasteiger partial charge in [0.1, 0.15) is 11.9 Å². The number of aromatic nitrogens is 2. The molecule has 3 heterocycles. The predicted molar refractivity (Wildman–Crippen MR) is 87.2 cm³/mol. The highest BCUT2D eigenvalue weighted by Gasteiger charge is 2.32. The van der Waals surface area contributed by atoms with Gasteiger partial charge in [0.15, 0.2) is 5.76 Å². The number of rotatable bonds is 4. The van der Waals surface area contributed by atoms with E-state index in [0.717, 1.165) is 30.8 Å². The molecule has 0 aromatic carbocycles. The molecule has 1 atom stereocenters. The monoisotopic (exact) mass is 325 g/mol. The summed E-state index contributed by atoms with van der Waals surface area (Å²) >= 11 is 0. The van der Waals surface area contributed by atoms with Gasteiger partial charge in [0, 0.05) is 25.9 Å². The normalized spacial score (nSPS) is 16.9. The van der Waals surface area contributed by atoms with Crippen molar-refractivity contribution in [1.29, 1.82) is 5.26 Å². The van der Waals surface area contributed by atoms with Crippen LogP contribution in [0.25, 0.3) is 0 Å². The van der Waals surface area contributed by atoms with Crippen molar-refractivity contribution in [2.45, 2.75) is 25.8 Å². The van der Waals surface area contributed by atoms with Crippen LogP contribution in [0, 0.1) is 18.3 Å². The maximum absolute atomic E-state index is 12.7. The maximum atomic E-state index is 12.7. The number of hydrogen-bond donors (Lipinski definition) is 0. The van der Waals surface area contributed by atoms with Gasteiger partial charge in [0.05, 0.1) is 23.8 Å². The Morgan fingerprint density at radius 1 is 1.54 bits per heavy atom. The second-order valence-electron chi connectivity index (χ2n) is 5.99. The zero-order valence-electron chi connectivity index (χ0n) is 13.8. The fourth-order valence-corrected chi connectivity index (χ4v) is 2.95. The van der Waals surface area contributed by atoms with Crippen LogP contribution in [0.2, 0.25) is 0 Å². The van der Waals surface area contributed by atoms with Gasteiger partial charge in [0.25, 0.3) is 0 Å². The summed E-state index contributed by atoms with van der Waals surface area (Å²) in [5.41, 5.74) is 1.32. The van der Waals surface area contributed by atoms with Crippen LogP contribution in [-0.4, -0.2) is 41.1 Å². The minimum atomic E-state index is -0.0407. The summed E-state index contributed by atoms with van der Waals surface area (Å²) in [6.07, 6.45) is 3.35. The van der Waals surface area contributed by atoms with E-state index in [4.69, 9.17) is 9.78 Å². The Morgan fingerprint density at radius 2 is 2.38 bits per heavy atom. The molecule has 1 aliphatic heterocycles. The molecule has 1 fully saturated rings. The second-order valence-corrected chi connectivity index (χ2v) is 5.99. The van der Waals surface area contributed by atoms with Crippen molar-refractivity contribution in [1.82, 2.24) is 15.0 Å². The van der Waals surface area contributed by atoms with Crippen LogP contribution < -0.4 is 4.90 Å². The second kappa shape index (κ2) is 6.71. The number of nitriles is 1. The third kappa shape index (κ3) is 3.23. The Labute approximate surface area is 140 Å². The minimum absolute atomic E-state index is 0.0280. The van der Waals surface area contributed by atoms with Gasteiger partial charge in [-0.2, -0.15) is 5.26 Å². The number of carbonyl (C=O) groups is 1. The molecule has 7 nitrogen and oxygen atoms in total. The van der Waals surface area contributed by atoms with Gasteiger partial charge < -0.3 is 14.3 Å². The van der Waals surface area contributed by atoms with E-state index in [1.807, 2.05) is 31.0 Å². The van der Waals surface area contributed by atoms with Gasteiger partial charge in [0.2, 0.25) is 5.91 Å². The largest absolute Gasteiger partial charge is 0.359 e. The van der Waals surface area contributed by atoms with Crippen LogP contribution in [-0.2, 0) is 4.79 Å². The van der Waals surface area contributed by atoms with E-state index in [2.05, 4.69) is 10.1 Å². The first-order chi connectivity index (χ1) is 11.6. The molecular weight excluding hydrogens is 306 g/mol. The average molecular weight is 325 g/mol. The van der Waals surface area contributed by atoms with E-state index in [1.165, 1.54) is 6.20 Å². The van der Waals surface area contributed by atoms with E-state index >= 15 is 0 Å². The van der Waals surface area contributed by atoms with Crippen molar-refractivity contribution in [3.05, 3.63) is 41.4 Å². The molecule has 2 aromatic rings. The van der Waals surface area contributed by atoms with E-state index in [9.17, 15) is 4.79 Å². The SMILES string of the molecule is Cc1cc(C2CCCN2C(=O)CN(C)c2ccc(C#N)cn2)on1. The standard InChI is InChI=1S/C17H19N5O2/c1-12-8-15(24-20-12)14-4-3-7-22(14)17(23)11-21(2)16-6-5-13(9-18)10-19-16/h5-6,8,10,14H,3-4,7,11H2,1-2H3. The summed E-state index contributed by atoms with van der Waals surface area (Å²) in [6.45, 7) is 2.82. The topological polar surface area (TPSA) is 86.3 Å². The molecule has 1 unspecified atom stereocenters. The van der Waals surface area contributed by atoms with Gasteiger partial charge >= 0.3 is 0 Å². The molecule has 2 aromatic heterocycles. The summed E-state index contributed by atoms with van der Waals surface area (Å²) in [4.78, 5) is 20.5. The van der Waals surface area contributed by atoms with Gasteiger partial charge in [-0.3, -0.25) is 4.79 Å². The van der Waals surface area contributed by atoms with Crippen LogP contribution in [0.1, 0.15) is 35.9 Å². The summed E-state index contributed by atoms with van der Waals surface area (Å²) in [5.74, 6) is 1.44. The van der Waals surface area contributed by atoms with Crippen molar-refractivity contribution < 1.29 is 9.32 Å². The van der Waals surface area contributed by atoms with E-state index < -0.39 is 0 Å². The van der Waals surface area contributed by atoms with Gasteiger partial charge in [-0.15, -0.1) is 0 Å². The lowest BCUT2D eigenvalue weighted by atomic mass is 10.1. The van der Waals surface area contributed by atoms with E-state index in [1.54, 1.807) is 17.0 Å². The predicted octanol–water partition coefficient (Wildman–Crippen LogP) is 2.05. The fraction of sp³-hybridized carbons (Fsp3) is 0.412. The molecule has 0 spiro atoms. The van der Waals surface area contributed by atoms with Gasteiger partial charge in [-0.1, -0.05) is 5.16 Å². The first-order valence-electron chi connectivity index (χ1n) is 7.88. The van der Waals surface area contributed by atoms with Gasteiger partial charge in [-0.05, 0) is 31.9 Å². The number of likely N-dealkylation sites (tertiary alicyclic amines) is 1. The fourth-order valence-electron chi connectivity index (χ4n) is 2.95. The van der Waals surface area contributed by atoms with Crippen LogP contribution in [0.3, 0.4) is 0 Å². The van der Waals surface area contributed by atoms with Crippen molar-refractivity contribution >= 4 is 11.7 Å². The molecule has 1 saturated heterocycles. The van der Waals surface area contributed by atoms with E-state index in [-0.39, 0.29) is 18.5 Å². The maximum Gasteiger partial charge on any atom is 0.242 e. The van der Waals surface area contributed by atoms with Crippen molar-refractivity contribution in [2.75, 3.05) is 25.0 Å². The zero-order valence-corrected chi connectivity index (χ0v) is 13.8. The number of anilines is 1. The molecule has 0 aliphatic carbocycles. The Hall–Kier alpha value is -2.88. The number of pyridine rings is 1. The first kappa shape index (κ1) is 16.0. The first-order valence-corrected chi connectivity index (χ1v) is 7.88. The Kier molecular flexibility index (Phi) is 4.47. The quantitative estimate of drug-likeness (QED) is 0.855. The number of aryl methyl sites for hydroxylation is 1. The molecule has 1 amide bonds. The van der Waals surface area contributed by atoms with E-state index in [0.29, 0.717) is 11.4 Å². The third-order valence-electron chi connectivity index (χ3n) is 4.19. The Balaban J connectivity index is 1.68. The Morgan fingerprint density at radius 3 is 3.00 bits per heavy atom. The molecule has 7 heteroatoms. The number of likely N-dealkylation sites (N-methyl/N-ethyl adjacent to an activating group) is 1. The minimum Gasteiger partial charge on any atom is -0.359 e. The number of hydrogen-bond acceptors (Lipinski definition) is 6. The van der Waals surface area contributed by atoms with Crippen molar-refractivity contribution in [3.8, 4) is 6.07 Å². The molecular formula is C17H19N5O2. The lowest BCUT2D eigenvalue weighted by Crippen LogP contribution is -2.38. The summed E-state index contributed by atoms with van der Waals surface area (Å²) < 4.78 is 5.34. The van der Waals surface area contributed by atoms with Crippen LogP contribution in [0.15, 0.2) is 28.9 Å². The molecule has 124 valence electrons. The molecule has 3 rings (SSSR count). The highest BCUT2D eigenvalue weighted by molar-refractivity contribution is 5.81. The van der Waals surface area contributed by atoms with Crippen molar-refractivity contribution in [3.63, 3.8) is 0 Å². The number of nitrogens with zero attached hydrogens (tertiary/aromatic N) is 5. The highest BCUT2D eigenvalue weighted by atomic mass is 16.5. The number of amides is 1. The van der Waals surface area contributed by atoms with Crippen LogP contribution >= 0.6 is 0 Å². The summed E-state index contributed by atoms with van der Waals surface area (Å²) in [5, 5.41) is 12.7. The molecule has 0 bridgehead atoms. The van der Waals surface area contributed by atoms with Crippen LogP contribution in [0.4, 0.5) is 5.82 Å². The van der Waals surface area contributed by atoms with Crippen LogP contribution in [0.5, 0.6) is 0 Å². The molecule has 0 N–H and O–H groups in total. The summed E-state index contributed by atoms with van der Waals surface area (Å²) in [6, 6.07) is 7.32. The average Bonchev–Trinajstić information content (AvgIpc) is 3.23. The molecule has 0 saturated carbocycles. The lowest BCUT2D eigenvalue weighted by molar-refractivity contribution is -0.130. The van der Waals surface area contributed by atoms with Gasteiger partial charge in [-0.25, -0.2) is 4.98 Å². The zero-order chi connectivity index (χ0) is 17.1. The molecule has 0 radical (unpaired) electrons. The summed E-state index contributed by atoms with van der Waals surface area (Å²) in [7, 11) is 1.82. The number of carbonyl (C=O) groups excluding carboxylic acids is 1. The third-order valence-corrected chi connectivity index (χ3v) is 4.19. The highest BCUT2D eigenvalue weighted by Crippen LogP contribution is 2.32. The lowest BCUT2D eigenvalue weighted by Gasteiger charge is -2.26. The molecule has 24 heavy (non-hydrogen) atoms. The van der Waals surface area contributed by atoms with Crippen molar-refractivity contribution in [2.24, 2.45) is 0 Å².